The first kappa shape index (κ1) is 19.3. The van der Waals surface area contributed by atoms with E-state index in [2.05, 4.69) is 4.98 Å². The summed E-state index contributed by atoms with van der Waals surface area (Å²) < 4.78 is 44.0. The van der Waals surface area contributed by atoms with E-state index >= 15 is 0 Å². The van der Waals surface area contributed by atoms with E-state index in [0.29, 0.717) is 31.2 Å². The summed E-state index contributed by atoms with van der Waals surface area (Å²) in [4.78, 5) is 20.1. The molecule has 0 bridgehead atoms. The largest absolute Gasteiger partial charge is 0.483 e. The van der Waals surface area contributed by atoms with Gasteiger partial charge < -0.3 is 14.5 Å². The number of ether oxygens (including phenoxy) is 1. The molecule has 1 fully saturated rings. The summed E-state index contributed by atoms with van der Waals surface area (Å²) in [7, 11) is 0. The first-order valence-corrected chi connectivity index (χ1v) is 8.66. The minimum Gasteiger partial charge on any atom is -0.483 e. The number of hydrogen-bond acceptors (Lipinski definition) is 4. The third-order valence-electron chi connectivity index (χ3n) is 4.21. The maximum atomic E-state index is 13.0. The van der Waals surface area contributed by atoms with Crippen molar-refractivity contribution in [2.75, 3.05) is 37.7 Å². The minimum atomic E-state index is -4.53. The van der Waals surface area contributed by atoms with Crippen LogP contribution in [-0.4, -0.2) is 48.6 Å². The molecule has 0 atom stereocenters. The van der Waals surface area contributed by atoms with Crippen LogP contribution in [-0.2, 0) is 11.0 Å². The van der Waals surface area contributed by atoms with Crippen molar-refractivity contribution in [3.8, 4) is 5.75 Å². The number of hydrogen-bond donors (Lipinski definition) is 0. The van der Waals surface area contributed by atoms with Crippen LogP contribution in [0, 0.1) is 0 Å². The molecule has 3 rings (SSSR count). The molecule has 1 aliphatic heterocycles. The molecule has 0 saturated carbocycles. The molecule has 0 spiro atoms. The fraction of sp³-hybridized carbons (Fsp3) is 0.333. The van der Waals surface area contributed by atoms with Gasteiger partial charge in [-0.25, -0.2) is 4.98 Å². The number of carbonyl (C=O) groups is 1. The van der Waals surface area contributed by atoms with Crippen LogP contribution in [0.1, 0.15) is 5.56 Å². The van der Waals surface area contributed by atoms with E-state index in [1.54, 1.807) is 23.2 Å². The summed E-state index contributed by atoms with van der Waals surface area (Å²) >= 11 is 5.82. The maximum absolute atomic E-state index is 13.0. The van der Waals surface area contributed by atoms with Crippen LogP contribution in [0.3, 0.4) is 0 Å². The summed E-state index contributed by atoms with van der Waals surface area (Å²) in [5.74, 6) is 0.0693. The second kappa shape index (κ2) is 8.04. The Kier molecular flexibility index (Phi) is 5.74. The average molecular weight is 400 g/mol. The first-order chi connectivity index (χ1) is 12.8. The molecule has 1 saturated heterocycles. The molecule has 144 valence electrons. The zero-order valence-corrected chi connectivity index (χ0v) is 15.0. The zero-order valence-electron chi connectivity index (χ0n) is 14.2. The van der Waals surface area contributed by atoms with Crippen molar-refractivity contribution >= 4 is 23.3 Å². The van der Waals surface area contributed by atoms with Gasteiger partial charge in [0, 0.05) is 32.4 Å². The van der Waals surface area contributed by atoms with Crippen LogP contribution in [0.25, 0.3) is 0 Å². The van der Waals surface area contributed by atoms with E-state index in [9.17, 15) is 18.0 Å². The average Bonchev–Trinajstić information content (AvgIpc) is 2.66. The fourth-order valence-electron chi connectivity index (χ4n) is 2.80. The highest BCUT2D eigenvalue weighted by Gasteiger charge is 2.34. The molecule has 0 unspecified atom stereocenters. The molecule has 0 radical (unpaired) electrons. The van der Waals surface area contributed by atoms with Gasteiger partial charge in [0.15, 0.2) is 6.61 Å². The lowest BCUT2D eigenvalue weighted by atomic mass is 10.2. The van der Waals surface area contributed by atoms with Crippen molar-refractivity contribution in [3.05, 3.63) is 53.2 Å². The summed E-state index contributed by atoms with van der Waals surface area (Å²) in [5, 5.41) is 0.545. The molecular weight excluding hydrogens is 383 g/mol. The van der Waals surface area contributed by atoms with Gasteiger partial charge in [-0.3, -0.25) is 4.79 Å². The number of carbonyl (C=O) groups excluding carboxylic acids is 1. The van der Waals surface area contributed by atoms with Gasteiger partial charge in [-0.05, 0) is 24.3 Å². The van der Waals surface area contributed by atoms with Crippen LogP contribution >= 0.6 is 11.6 Å². The van der Waals surface area contributed by atoms with E-state index in [-0.39, 0.29) is 11.7 Å². The molecule has 5 nitrogen and oxygen atoms in total. The number of alkyl halides is 3. The summed E-state index contributed by atoms with van der Waals surface area (Å²) in [6.45, 7) is 1.58. The third kappa shape index (κ3) is 4.82. The Morgan fingerprint density at radius 2 is 1.81 bits per heavy atom. The Bertz CT molecular complexity index is 791. The molecule has 1 amide bonds. The number of aromatic nitrogens is 1. The Hall–Kier alpha value is -2.48. The van der Waals surface area contributed by atoms with Gasteiger partial charge >= 0.3 is 6.18 Å². The van der Waals surface area contributed by atoms with Crippen molar-refractivity contribution in [2.24, 2.45) is 0 Å². The number of benzene rings is 1. The first-order valence-electron chi connectivity index (χ1n) is 8.28. The topological polar surface area (TPSA) is 45.7 Å². The van der Waals surface area contributed by atoms with Gasteiger partial charge in [0.25, 0.3) is 5.91 Å². The standard InChI is InChI=1S/C18H17ClF3N3O2/c19-13-5-6-16(23-11-13)24-7-9-25(10-8-24)17(26)12-27-15-4-2-1-3-14(15)18(20,21)22/h1-6,11H,7-10,12H2. The van der Waals surface area contributed by atoms with Gasteiger partial charge in [0.2, 0.25) is 0 Å². The van der Waals surface area contributed by atoms with Crippen LogP contribution < -0.4 is 9.64 Å². The highest BCUT2D eigenvalue weighted by Crippen LogP contribution is 2.35. The number of rotatable bonds is 4. The van der Waals surface area contributed by atoms with Crippen LogP contribution in [0.5, 0.6) is 5.75 Å². The van der Waals surface area contributed by atoms with Gasteiger partial charge in [0.05, 0.1) is 10.6 Å². The SMILES string of the molecule is O=C(COc1ccccc1C(F)(F)F)N1CCN(c2ccc(Cl)cn2)CC1. The zero-order chi connectivity index (χ0) is 19.4. The number of anilines is 1. The Balaban J connectivity index is 1.54. The second-order valence-corrected chi connectivity index (χ2v) is 6.42. The predicted octanol–water partition coefficient (Wildman–Crippen LogP) is 3.48. The van der Waals surface area contributed by atoms with Gasteiger partial charge in [-0.2, -0.15) is 13.2 Å². The molecule has 1 aliphatic rings. The second-order valence-electron chi connectivity index (χ2n) is 5.99. The lowest BCUT2D eigenvalue weighted by molar-refractivity contribution is -0.141. The van der Waals surface area contributed by atoms with Gasteiger partial charge in [0.1, 0.15) is 11.6 Å². The molecule has 2 heterocycles. The number of pyridine rings is 1. The Labute approximate surface area is 159 Å². The molecule has 0 N–H and O–H groups in total. The van der Waals surface area contributed by atoms with Crippen LogP contribution in [0.2, 0.25) is 5.02 Å². The van der Waals surface area contributed by atoms with Crippen LogP contribution in [0.15, 0.2) is 42.6 Å². The van der Waals surface area contributed by atoms with E-state index in [4.69, 9.17) is 16.3 Å². The van der Waals surface area contributed by atoms with E-state index < -0.39 is 18.3 Å². The normalized spacial score (nSPS) is 15.0. The highest BCUT2D eigenvalue weighted by atomic mass is 35.5. The van der Waals surface area contributed by atoms with Crippen molar-refractivity contribution in [2.45, 2.75) is 6.18 Å². The maximum Gasteiger partial charge on any atom is 0.419 e. The number of halogens is 4. The molecular formula is C18H17ClF3N3O2. The van der Waals surface area contributed by atoms with Gasteiger partial charge in [-0.1, -0.05) is 23.7 Å². The van der Waals surface area contributed by atoms with Crippen molar-refractivity contribution < 1.29 is 22.7 Å². The van der Waals surface area contributed by atoms with Crippen molar-refractivity contribution in [3.63, 3.8) is 0 Å². The monoisotopic (exact) mass is 399 g/mol. The molecule has 2 aromatic rings. The molecule has 9 heteroatoms. The van der Waals surface area contributed by atoms with E-state index in [0.717, 1.165) is 11.9 Å². The number of para-hydroxylation sites is 1. The molecule has 0 aliphatic carbocycles. The van der Waals surface area contributed by atoms with Crippen molar-refractivity contribution in [1.82, 2.24) is 9.88 Å². The quantitative estimate of drug-likeness (QED) is 0.789. The number of piperazine rings is 1. The van der Waals surface area contributed by atoms with E-state index in [1.807, 2.05) is 4.90 Å². The molecule has 1 aromatic heterocycles. The molecule has 27 heavy (non-hydrogen) atoms. The van der Waals surface area contributed by atoms with E-state index in [1.165, 1.54) is 18.2 Å². The summed E-state index contributed by atoms with van der Waals surface area (Å²) in [5.41, 5.74) is -0.892. The Morgan fingerprint density at radius 3 is 2.44 bits per heavy atom. The predicted molar refractivity (Wildman–Crippen MR) is 95.0 cm³/mol. The van der Waals surface area contributed by atoms with Crippen molar-refractivity contribution in [1.29, 1.82) is 0 Å². The number of nitrogens with zero attached hydrogens (tertiary/aromatic N) is 3. The molecule has 1 aromatic carbocycles. The summed E-state index contributed by atoms with van der Waals surface area (Å²) in [6.07, 6.45) is -2.98. The lowest BCUT2D eigenvalue weighted by Crippen LogP contribution is -2.50. The summed E-state index contributed by atoms with van der Waals surface area (Å²) in [6, 6.07) is 8.40. The Morgan fingerprint density at radius 1 is 1.11 bits per heavy atom. The minimum absolute atomic E-state index is 0.345. The highest BCUT2D eigenvalue weighted by molar-refractivity contribution is 6.30. The number of amides is 1. The third-order valence-corrected chi connectivity index (χ3v) is 4.44. The van der Waals surface area contributed by atoms with Gasteiger partial charge in [-0.15, -0.1) is 0 Å². The smallest absolute Gasteiger partial charge is 0.419 e. The lowest BCUT2D eigenvalue weighted by Gasteiger charge is -2.35. The fourth-order valence-corrected chi connectivity index (χ4v) is 2.91. The van der Waals surface area contributed by atoms with Crippen LogP contribution in [0.4, 0.5) is 19.0 Å².